The Labute approximate surface area is 203 Å². The number of carboxylic acid groups (broad SMARTS) is 1. The number of carbonyl (C=O) groups is 3. The molecular weight excluding hydrogens is 476 g/mol. The molecule has 8 nitrogen and oxygen atoms in total. The minimum Gasteiger partial charge on any atom is -0.480 e. The van der Waals surface area contributed by atoms with Crippen LogP contribution in [0.25, 0.3) is 16.3 Å². The molecule has 0 bridgehead atoms. The van der Waals surface area contributed by atoms with Gasteiger partial charge < -0.3 is 15.7 Å². The summed E-state index contributed by atoms with van der Waals surface area (Å²) in [6, 6.07) is 18.1. The van der Waals surface area contributed by atoms with Crippen molar-refractivity contribution in [2.45, 2.75) is 13.0 Å². The molecule has 0 aliphatic carbocycles. The number of rotatable bonds is 7. The van der Waals surface area contributed by atoms with Crippen molar-refractivity contribution < 1.29 is 19.5 Å². The summed E-state index contributed by atoms with van der Waals surface area (Å²) in [5.41, 5.74) is 2.19. The summed E-state index contributed by atoms with van der Waals surface area (Å²) >= 11 is 7.42. The van der Waals surface area contributed by atoms with E-state index in [1.165, 1.54) is 30.4 Å². The Morgan fingerprint density at radius 2 is 1.79 bits per heavy atom. The summed E-state index contributed by atoms with van der Waals surface area (Å²) in [5.74, 6) is -2.12. The summed E-state index contributed by atoms with van der Waals surface area (Å²) in [6.45, 7) is 1.37. The van der Waals surface area contributed by atoms with Gasteiger partial charge in [0.1, 0.15) is 11.7 Å². The van der Waals surface area contributed by atoms with Gasteiger partial charge in [-0.15, -0.1) is 11.3 Å². The van der Waals surface area contributed by atoms with Crippen molar-refractivity contribution in [2.75, 3.05) is 5.32 Å². The Kier molecular flexibility index (Phi) is 6.76. The second-order valence-corrected chi connectivity index (χ2v) is 9.06. The Morgan fingerprint density at radius 3 is 2.47 bits per heavy atom. The molecule has 0 aliphatic heterocycles. The van der Waals surface area contributed by atoms with E-state index in [1.54, 1.807) is 35.1 Å². The van der Waals surface area contributed by atoms with E-state index >= 15 is 0 Å². The maximum Gasteiger partial charge on any atom is 0.325 e. The number of hydrogen-bond donors (Lipinski definition) is 3. The third-order valence-electron chi connectivity index (χ3n) is 4.89. The quantitative estimate of drug-likeness (QED) is 0.344. The van der Waals surface area contributed by atoms with Gasteiger partial charge in [0.05, 0.1) is 20.5 Å². The van der Waals surface area contributed by atoms with Crippen LogP contribution >= 0.6 is 22.9 Å². The van der Waals surface area contributed by atoms with Gasteiger partial charge in [0, 0.05) is 17.4 Å². The number of halogens is 1. The molecule has 0 spiro atoms. The predicted molar refractivity (Wildman–Crippen MR) is 131 cm³/mol. The molecule has 1 atom stereocenters. The fraction of sp³-hybridized carbons (Fsp3) is 0.0833. The Bertz CT molecular complexity index is 1370. The van der Waals surface area contributed by atoms with Crippen molar-refractivity contribution in [1.29, 1.82) is 0 Å². The molecule has 0 saturated heterocycles. The second-order valence-electron chi connectivity index (χ2n) is 7.34. The van der Waals surface area contributed by atoms with E-state index in [9.17, 15) is 14.4 Å². The van der Waals surface area contributed by atoms with Gasteiger partial charge in [-0.25, -0.2) is 4.68 Å². The number of thiophene rings is 1. The summed E-state index contributed by atoms with van der Waals surface area (Å²) in [4.78, 5) is 37.3. The Hall–Kier alpha value is -3.95. The van der Waals surface area contributed by atoms with Crippen molar-refractivity contribution in [3.63, 3.8) is 0 Å². The number of para-hydroxylation sites is 1. The van der Waals surface area contributed by atoms with Gasteiger partial charge in [0.25, 0.3) is 11.8 Å². The fourth-order valence-corrected chi connectivity index (χ4v) is 4.20. The van der Waals surface area contributed by atoms with E-state index in [0.29, 0.717) is 21.3 Å². The zero-order valence-electron chi connectivity index (χ0n) is 17.9. The van der Waals surface area contributed by atoms with Crippen LogP contribution in [0.2, 0.25) is 4.34 Å². The van der Waals surface area contributed by atoms with Crippen molar-refractivity contribution in [3.05, 3.63) is 88.4 Å². The van der Waals surface area contributed by atoms with Crippen LogP contribution in [0.4, 0.5) is 5.69 Å². The van der Waals surface area contributed by atoms with Crippen LogP contribution in [0.15, 0.2) is 72.9 Å². The second kappa shape index (κ2) is 9.90. The van der Waals surface area contributed by atoms with E-state index in [1.807, 2.05) is 30.3 Å². The lowest BCUT2D eigenvalue weighted by Crippen LogP contribution is -2.38. The number of hydrogen-bond acceptors (Lipinski definition) is 5. The molecule has 0 aliphatic rings. The number of benzene rings is 2. The van der Waals surface area contributed by atoms with Crippen LogP contribution in [0, 0.1) is 0 Å². The first-order chi connectivity index (χ1) is 16.3. The minimum absolute atomic E-state index is 0.219. The number of nitrogens with one attached hydrogen (secondary N) is 2. The highest BCUT2D eigenvalue weighted by Crippen LogP contribution is 2.33. The smallest absolute Gasteiger partial charge is 0.325 e. The number of amides is 2. The molecule has 2 aromatic heterocycles. The lowest BCUT2D eigenvalue weighted by atomic mass is 10.1. The number of carbonyl (C=O) groups excluding carboxylic acids is 2. The molecule has 0 radical (unpaired) electrons. The third-order valence-corrected chi connectivity index (χ3v) is 6.12. The van der Waals surface area contributed by atoms with Gasteiger partial charge in [0.15, 0.2) is 0 Å². The standard InChI is InChI=1S/C24H19ClN4O4S/c1-14(24(32)33)26-22(30)15-6-5-7-16(12-15)27-23(31)18-13-29(17-8-3-2-4-9-17)28-21(18)19-10-11-20(25)34-19/h2-14H,1H3,(H,26,30)(H,27,31)(H,32,33)/t14-/m1/s1. The summed E-state index contributed by atoms with van der Waals surface area (Å²) < 4.78 is 2.19. The summed E-state index contributed by atoms with van der Waals surface area (Å²) in [5, 5.41) is 18.8. The van der Waals surface area contributed by atoms with Crippen LogP contribution in [0.1, 0.15) is 27.6 Å². The Balaban J connectivity index is 1.62. The first-order valence-corrected chi connectivity index (χ1v) is 11.4. The molecule has 2 aromatic carbocycles. The molecule has 34 heavy (non-hydrogen) atoms. The zero-order chi connectivity index (χ0) is 24.2. The molecular formula is C24H19ClN4O4S. The molecule has 2 heterocycles. The highest BCUT2D eigenvalue weighted by Gasteiger charge is 2.21. The van der Waals surface area contributed by atoms with Crippen LogP contribution in [0.5, 0.6) is 0 Å². The van der Waals surface area contributed by atoms with E-state index in [2.05, 4.69) is 15.7 Å². The topological polar surface area (TPSA) is 113 Å². The van der Waals surface area contributed by atoms with Crippen molar-refractivity contribution in [3.8, 4) is 16.3 Å². The summed E-state index contributed by atoms with van der Waals surface area (Å²) in [7, 11) is 0. The van der Waals surface area contributed by atoms with Gasteiger partial charge >= 0.3 is 5.97 Å². The SMILES string of the molecule is C[C@@H](NC(=O)c1cccc(NC(=O)c2cn(-c3ccccc3)nc2-c2ccc(Cl)s2)c1)C(=O)O. The highest BCUT2D eigenvalue weighted by molar-refractivity contribution is 7.19. The normalized spacial score (nSPS) is 11.6. The number of aliphatic carboxylic acids is 1. The average Bonchev–Trinajstić information content (AvgIpc) is 3.46. The van der Waals surface area contributed by atoms with Crippen LogP contribution in [-0.2, 0) is 4.79 Å². The first kappa shape index (κ1) is 23.2. The highest BCUT2D eigenvalue weighted by atomic mass is 35.5. The fourth-order valence-electron chi connectivity index (χ4n) is 3.15. The van der Waals surface area contributed by atoms with Gasteiger partial charge in [-0.1, -0.05) is 35.9 Å². The van der Waals surface area contributed by atoms with Gasteiger partial charge in [-0.3, -0.25) is 14.4 Å². The molecule has 10 heteroatoms. The van der Waals surface area contributed by atoms with E-state index in [4.69, 9.17) is 16.7 Å². The maximum absolute atomic E-state index is 13.2. The molecule has 3 N–H and O–H groups in total. The molecule has 2 amide bonds. The van der Waals surface area contributed by atoms with E-state index < -0.39 is 23.8 Å². The number of anilines is 1. The van der Waals surface area contributed by atoms with Gasteiger partial charge in [0.2, 0.25) is 0 Å². The number of aromatic nitrogens is 2. The maximum atomic E-state index is 13.2. The molecule has 0 fully saturated rings. The molecule has 4 rings (SSSR count). The summed E-state index contributed by atoms with van der Waals surface area (Å²) in [6.07, 6.45) is 1.64. The first-order valence-electron chi connectivity index (χ1n) is 10.2. The van der Waals surface area contributed by atoms with Crippen LogP contribution in [0.3, 0.4) is 0 Å². The third kappa shape index (κ3) is 5.16. The van der Waals surface area contributed by atoms with E-state index in [-0.39, 0.29) is 5.56 Å². The lowest BCUT2D eigenvalue weighted by molar-refractivity contribution is -0.138. The number of carboxylic acids is 1. The van der Waals surface area contributed by atoms with Crippen LogP contribution in [-0.4, -0.2) is 38.7 Å². The largest absolute Gasteiger partial charge is 0.480 e. The van der Waals surface area contributed by atoms with Gasteiger partial charge in [-0.2, -0.15) is 5.10 Å². The van der Waals surface area contributed by atoms with Crippen molar-refractivity contribution >= 4 is 46.4 Å². The minimum atomic E-state index is -1.14. The van der Waals surface area contributed by atoms with Crippen molar-refractivity contribution in [1.82, 2.24) is 15.1 Å². The Morgan fingerprint density at radius 1 is 1.03 bits per heavy atom. The van der Waals surface area contributed by atoms with E-state index in [0.717, 1.165) is 10.6 Å². The monoisotopic (exact) mass is 494 g/mol. The average molecular weight is 495 g/mol. The number of nitrogens with zero attached hydrogens (tertiary/aromatic N) is 2. The molecule has 172 valence electrons. The molecule has 4 aromatic rings. The van der Waals surface area contributed by atoms with Gasteiger partial charge in [-0.05, 0) is 49.4 Å². The molecule has 0 saturated carbocycles. The van der Waals surface area contributed by atoms with Crippen molar-refractivity contribution in [2.24, 2.45) is 0 Å². The molecule has 0 unspecified atom stereocenters. The zero-order valence-corrected chi connectivity index (χ0v) is 19.4. The predicted octanol–water partition coefficient (Wildman–Crippen LogP) is 4.71. The van der Waals surface area contributed by atoms with Crippen LogP contribution < -0.4 is 10.6 Å². The lowest BCUT2D eigenvalue weighted by Gasteiger charge is -2.10.